The van der Waals surface area contributed by atoms with Crippen molar-refractivity contribution in [3.63, 3.8) is 0 Å². The van der Waals surface area contributed by atoms with E-state index in [9.17, 15) is 4.79 Å². The van der Waals surface area contributed by atoms with Crippen LogP contribution in [0.15, 0.2) is 48.5 Å². The molecule has 1 aromatic heterocycles. The van der Waals surface area contributed by atoms with E-state index < -0.39 is 0 Å². The Morgan fingerprint density at radius 3 is 2.00 bits per heavy atom. The zero-order chi connectivity index (χ0) is 20.1. The van der Waals surface area contributed by atoms with Crippen molar-refractivity contribution in [2.45, 2.75) is 40.5 Å². The Morgan fingerprint density at radius 1 is 0.893 bits per heavy atom. The van der Waals surface area contributed by atoms with Crippen molar-refractivity contribution in [2.24, 2.45) is 0 Å². The summed E-state index contributed by atoms with van der Waals surface area (Å²) in [5.74, 6) is 0.448. The number of aryl methyl sites for hydroxylation is 4. The largest absolute Gasteiger partial charge is 0.324 e. The molecule has 0 unspecified atom stereocenters. The second-order valence-corrected chi connectivity index (χ2v) is 6.79. The van der Waals surface area contributed by atoms with Gasteiger partial charge in [0.25, 0.3) is 5.91 Å². The van der Waals surface area contributed by atoms with Crippen LogP contribution in [0.2, 0.25) is 0 Å². The van der Waals surface area contributed by atoms with Crippen LogP contribution in [0.1, 0.15) is 46.7 Å². The van der Waals surface area contributed by atoms with Crippen LogP contribution in [-0.4, -0.2) is 15.9 Å². The van der Waals surface area contributed by atoms with E-state index >= 15 is 0 Å². The number of nitrogens with zero attached hydrogens (tertiary/aromatic N) is 2. The second kappa shape index (κ2) is 8.65. The summed E-state index contributed by atoms with van der Waals surface area (Å²) in [7, 11) is 0. The van der Waals surface area contributed by atoms with E-state index in [2.05, 4.69) is 46.6 Å². The molecule has 0 aliphatic carbocycles. The molecule has 0 radical (unpaired) electrons. The zero-order valence-corrected chi connectivity index (χ0v) is 16.8. The second-order valence-electron chi connectivity index (χ2n) is 6.79. The third-order valence-electron chi connectivity index (χ3n) is 4.62. The number of anilines is 3. The van der Waals surface area contributed by atoms with E-state index in [1.807, 2.05) is 38.1 Å². The number of rotatable bonds is 6. The Balaban J connectivity index is 1.76. The maximum absolute atomic E-state index is 12.8. The molecule has 0 saturated carbocycles. The van der Waals surface area contributed by atoms with Crippen molar-refractivity contribution in [1.29, 1.82) is 0 Å². The lowest BCUT2D eigenvalue weighted by molar-refractivity contribution is 0.102. The van der Waals surface area contributed by atoms with Crippen molar-refractivity contribution in [2.75, 3.05) is 10.6 Å². The summed E-state index contributed by atoms with van der Waals surface area (Å²) >= 11 is 0. The average molecular weight is 374 g/mol. The fraction of sp³-hybridized carbons (Fsp3) is 0.261. The topological polar surface area (TPSA) is 66.9 Å². The smallest absolute Gasteiger partial charge is 0.255 e. The fourth-order valence-corrected chi connectivity index (χ4v) is 3.20. The van der Waals surface area contributed by atoms with Gasteiger partial charge >= 0.3 is 0 Å². The van der Waals surface area contributed by atoms with Crippen molar-refractivity contribution < 1.29 is 4.79 Å². The van der Waals surface area contributed by atoms with E-state index in [1.165, 1.54) is 0 Å². The highest BCUT2D eigenvalue weighted by atomic mass is 16.1. The first-order valence-electron chi connectivity index (χ1n) is 9.61. The summed E-state index contributed by atoms with van der Waals surface area (Å²) in [5, 5.41) is 6.28. The number of aromatic nitrogens is 2. The summed E-state index contributed by atoms with van der Waals surface area (Å²) in [4.78, 5) is 21.5. The molecular formula is C23H26N4O. The van der Waals surface area contributed by atoms with Gasteiger partial charge in [-0.05, 0) is 68.1 Å². The van der Waals surface area contributed by atoms with Gasteiger partial charge < -0.3 is 10.6 Å². The maximum Gasteiger partial charge on any atom is 0.255 e. The summed E-state index contributed by atoms with van der Waals surface area (Å²) < 4.78 is 0. The highest BCUT2D eigenvalue weighted by molar-refractivity contribution is 6.05. The molecule has 3 aromatic rings. The number of carbonyl (C=O) groups is 1. The Morgan fingerprint density at radius 2 is 1.46 bits per heavy atom. The van der Waals surface area contributed by atoms with Crippen LogP contribution >= 0.6 is 0 Å². The first-order chi connectivity index (χ1) is 13.5. The molecule has 0 bridgehead atoms. The first kappa shape index (κ1) is 19.5. The van der Waals surface area contributed by atoms with Crippen LogP contribution in [0.5, 0.6) is 0 Å². The predicted octanol–water partition coefficient (Wildman–Crippen LogP) is 5.21. The van der Waals surface area contributed by atoms with Gasteiger partial charge in [-0.15, -0.1) is 0 Å². The molecule has 0 spiro atoms. The van der Waals surface area contributed by atoms with Gasteiger partial charge in [0.15, 0.2) is 0 Å². The maximum atomic E-state index is 12.8. The molecule has 0 saturated heterocycles. The third-order valence-corrected chi connectivity index (χ3v) is 4.62. The van der Waals surface area contributed by atoms with Gasteiger partial charge in [-0.3, -0.25) is 4.79 Å². The van der Waals surface area contributed by atoms with E-state index in [4.69, 9.17) is 0 Å². The number of amides is 1. The Bertz CT molecular complexity index is 938. The molecule has 5 heteroatoms. The van der Waals surface area contributed by atoms with Crippen LogP contribution in [-0.2, 0) is 12.8 Å². The summed E-state index contributed by atoms with van der Waals surface area (Å²) in [6.45, 7) is 8.07. The molecule has 3 rings (SSSR count). The van der Waals surface area contributed by atoms with Crippen LogP contribution in [0, 0.1) is 13.8 Å². The molecule has 28 heavy (non-hydrogen) atoms. The van der Waals surface area contributed by atoms with E-state index in [-0.39, 0.29) is 5.91 Å². The minimum Gasteiger partial charge on any atom is -0.324 e. The number of para-hydroxylation sites is 1. The third kappa shape index (κ3) is 4.55. The molecule has 0 aliphatic heterocycles. The normalized spacial score (nSPS) is 10.6. The van der Waals surface area contributed by atoms with Crippen LogP contribution in [0.4, 0.5) is 17.3 Å². The first-order valence-corrected chi connectivity index (χ1v) is 9.61. The number of nitrogens with one attached hydrogen (secondary N) is 2. The monoisotopic (exact) mass is 374 g/mol. The molecule has 2 N–H and O–H groups in total. The summed E-state index contributed by atoms with van der Waals surface area (Å²) in [5.41, 5.74) is 6.50. The quantitative estimate of drug-likeness (QED) is 0.621. The Labute approximate surface area is 166 Å². The molecule has 1 amide bonds. The number of hydrogen-bond donors (Lipinski definition) is 2. The lowest BCUT2D eigenvalue weighted by Gasteiger charge is -2.14. The van der Waals surface area contributed by atoms with Gasteiger partial charge in [0, 0.05) is 28.3 Å². The molecule has 2 aromatic carbocycles. The molecule has 0 atom stereocenters. The standard InChI is InChI=1S/C23H26N4O/c1-5-17-8-7-9-18(6-2)21(17)27-22(28)19-10-12-20(13-11-19)26-23-24-15(3)14-16(4)25-23/h7-14H,5-6H2,1-4H3,(H,27,28)(H,24,25,26). The number of hydrogen-bond acceptors (Lipinski definition) is 4. The number of benzene rings is 2. The van der Waals surface area contributed by atoms with Gasteiger partial charge in [0.1, 0.15) is 0 Å². The van der Waals surface area contributed by atoms with E-state index in [0.29, 0.717) is 11.5 Å². The van der Waals surface area contributed by atoms with Gasteiger partial charge in [0.05, 0.1) is 0 Å². The van der Waals surface area contributed by atoms with Gasteiger partial charge in [-0.2, -0.15) is 0 Å². The van der Waals surface area contributed by atoms with Crippen molar-refractivity contribution >= 4 is 23.2 Å². The van der Waals surface area contributed by atoms with Crippen molar-refractivity contribution in [1.82, 2.24) is 9.97 Å². The summed E-state index contributed by atoms with van der Waals surface area (Å²) in [6.07, 6.45) is 1.75. The van der Waals surface area contributed by atoms with Crippen LogP contribution in [0.25, 0.3) is 0 Å². The Hall–Kier alpha value is -3.21. The fourth-order valence-electron chi connectivity index (χ4n) is 3.20. The van der Waals surface area contributed by atoms with Crippen molar-refractivity contribution in [3.05, 3.63) is 76.6 Å². The van der Waals surface area contributed by atoms with E-state index in [1.54, 1.807) is 12.1 Å². The lowest BCUT2D eigenvalue weighted by atomic mass is 10.0. The van der Waals surface area contributed by atoms with Gasteiger partial charge in [0.2, 0.25) is 5.95 Å². The minimum atomic E-state index is -0.107. The lowest BCUT2D eigenvalue weighted by Crippen LogP contribution is -2.15. The molecular weight excluding hydrogens is 348 g/mol. The minimum absolute atomic E-state index is 0.107. The SMILES string of the molecule is CCc1cccc(CC)c1NC(=O)c1ccc(Nc2nc(C)cc(C)n2)cc1. The Kier molecular flexibility index (Phi) is 6.04. The number of carbonyl (C=O) groups excluding carboxylic acids is 1. The average Bonchev–Trinajstić information content (AvgIpc) is 2.67. The van der Waals surface area contributed by atoms with Crippen molar-refractivity contribution in [3.8, 4) is 0 Å². The van der Waals surface area contributed by atoms with Crippen LogP contribution in [0.3, 0.4) is 0 Å². The highest BCUT2D eigenvalue weighted by Crippen LogP contribution is 2.24. The predicted molar refractivity (Wildman–Crippen MR) is 114 cm³/mol. The highest BCUT2D eigenvalue weighted by Gasteiger charge is 2.12. The van der Waals surface area contributed by atoms with Crippen LogP contribution < -0.4 is 10.6 Å². The van der Waals surface area contributed by atoms with Gasteiger partial charge in [-0.25, -0.2) is 9.97 Å². The molecule has 0 fully saturated rings. The molecule has 1 heterocycles. The van der Waals surface area contributed by atoms with Gasteiger partial charge in [-0.1, -0.05) is 32.0 Å². The molecule has 0 aliphatic rings. The summed E-state index contributed by atoms with van der Waals surface area (Å²) in [6, 6.07) is 15.4. The molecule has 144 valence electrons. The van der Waals surface area contributed by atoms with E-state index in [0.717, 1.165) is 46.7 Å². The molecule has 5 nitrogen and oxygen atoms in total. The zero-order valence-electron chi connectivity index (χ0n) is 16.8.